The van der Waals surface area contributed by atoms with Gasteiger partial charge in [0, 0.05) is 25.4 Å². The largest absolute Gasteiger partial charge is 0.393 e. The maximum Gasteiger partial charge on any atom is 0.372 e. The van der Waals surface area contributed by atoms with E-state index in [-0.39, 0.29) is 21.6 Å². The topological polar surface area (TPSA) is 44.8 Å². The molecule has 0 N–H and O–H groups in total. The molecule has 1 fully saturated rings. The van der Waals surface area contributed by atoms with Crippen LogP contribution in [0.15, 0.2) is 12.1 Å². The molecule has 0 aliphatic carbocycles. The van der Waals surface area contributed by atoms with Gasteiger partial charge in [-0.3, -0.25) is 4.79 Å². The Hall–Kier alpha value is -0.583. The standard InChI is InChI=1S/C23H38O4Si.H3P/c1-8-23(25-9-2)20(13-12-14-28(23,26-10-3)27-11-4)22(24)21-18(6)15-17(5)16-19(21)7;/h15-16,20H,8-14H2,1-7H3;1H3. The van der Waals surface area contributed by atoms with E-state index in [4.69, 9.17) is 13.6 Å². The Balaban J connectivity index is 0.00000420. The number of benzene rings is 1. The zero-order valence-corrected chi connectivity index (χ0v) is 21.9. The second kappa shape index (κ2) is 11.2. The normalized spacial score (nSPS) is 23.5. The summed E-state index contributed by atoms with van der Waals surface area (Å²) < 4.78 is 19.3. The predicted octanol–water partition coefficient (Wildman–Crippen LogP) is 5.50. The first-order valence-corrected chi connectivity index (χ1v) is 12.9. The lowest BCUT2D eigenvalue weighted by molar-refractivity contribution is -0.0675. The van der Waals surface area contributed by atoms with Crippen LogP contribution in [0.4, 0.5) is 0 Å². The third-order valence-corrected chi connectivity index (χ3v) is 10.8. The van der Waals surface area contributed by atoms with Gasteiger partial charge in [0.15, 0.2) is 5.78 Å². The molecule has 0 amide bonds. The highest BCUT2D eigenvalue weighted by molar-refractivity contribution is 6.92. The van der Waals surface area contributed by atoms with E-state index in [1.807, 2.05) is 34.6 Å². The molecule has 0 saturated carbocycles. The molecule has 1 saturated heterocycles. The number of carbonyl (C=O) groups excluding carboxylic acids is 1. The molecule has 6 heteroatoms. The fourth-order valence-electron chi connectivity index (χ4n) is 5.32. The van der Waals surface area contributed by atoms with Crippen molar-refractivity contribution in [1.82, 2.24) is 0 Å². The van der Waals surface area contributed by atoms with Gasteiger partial charge in [0.05, 0.1) is 5.92 Å². The Kier molecular flexibility index (Phi) is 10.2. The Morgan fingerprint density at radius 2 is 1.59 bits per heavy atom. The molecule has 0 spiro atoms. The molecule has 29 heavy (non-hydrogen) atoms. The van der Waals surface area contributed by atoms with Gasteiger partial charge in [-0.2, -0.15) is 9.90 Å². The number of rotatable bonds is 9. The maximum absolute atomic E-state index is 13.9. The minimum Gasteiger partial charge on any atom is -0.393 e. The number of ketones is 1. The lowest BCUT2D eigenvalue weighted by atomic mass is 9.83. The maximum atomic E-state index is 13.9. The molecular formula is C23H41O4PSi. The second-order valence-electron chi connectivity index (χ2n) is 7.88. The number of Topliss-reactive ketones (excluding diaryl/α,β-unsaturated/α-hetero) is 1. The van der Waals surface area contributed by atoms with Crippen LogP contribution in [0.2, 0.25) is 6.04 Å². The summed E-state index contributed by atoms with van der Waals surface area (Å²) in [5, 5.41) is -0.646. The summed E-state index contributed by atoms with van der Waals surface area (Å²) in [5.74, 6) is -0.0302. The van der Waals surface area contributed by atoms with E-state index >= 15 is 0 Å². The quantitative estimate of drug-likeness (QED) is 0.289. The Morgan fingerprint density at radius 3 is 2.03 bits per heavy atom. The highest BCUT2D eigenvalue weighted by Gasteiger charge is 2.65. The number of aryl methyl sites for hydroxylation is 3. The molecule has 0 bridgehead atoms. The average molecular weight is 441 g/mol. The van der Waals surface area contributed by atoms with Gasteiger partial charge in [0.2, 0.25) is 0 Å². The van der Waals surface area contributed by atoms with Gasteiger partial charge in [-0.15, -0.1) is 0 Å². The summed E-state index contributed by atoms with van der Waals surface area (Å²) in [5.41, 5.74) is 4.14. The van der Waals surface area contributed by atoms with Gasteiger partial charge in [-0.25, -0.2) is 0 Å². The van der Waals surface area contributed by atoms with Crippen molar-refractivity contribution in [3.05, 3.63) is 34.4 Å². The van der Waals surface area contributed by atoms with Crippen molar-refractivity contribution in [2.45, 2.75) is 79.0 Å². The summed E-state index contributed by atoms with van der Waals surface area (Å²) in [7, 11) is -2.73. The molecule has 1 aromatic carbocycles. The van der Waals surface area contributed by atoms with Crippen LogP contribution in [0.3, 0.4) is 0 Å². The van der Waals surface area contributed by atoms with Gasteiger partial charge >= 0.3 is 8.56 Å². The third-order valence-electron chi connectivity index (χ3n) is 6.13. The first-order valence-electron chi connectivity index (χ1n) is 10.9. The molecule has 0 radical (unpaired) electrons. The van der Waals surface area contributed by atoms with Crippen molar-refractivity contribution >= 4 is 24.2 Å². The van der Waals surface area contributed by atoms with E-state index in [1.54, 1.807) is 0 Å². The molecule has 1 aliphatic heterocycles. The van der Waals surface area contributed by atoms with Crippen LogP contribution in [-0.4, -0.2) is 39.4 Å². The van der Waals surface area contributed by atoms with Crippen LogP contribution in [0.25, 0.3) is 0 Å². The lowest BCUT2D eigenvalue weighted by Crippen LogP contribution is -2.70. The van der Waals surface area contributed by atoms with E-state index in [9.17, 15) is 4.79 Å². The molecule has 2 rings (SSSR count). The van der Waals surface area contributed by atoms with Gasteiger partial charge < -0.3 is 13.6 Å². The van der Waals surface area contributed by atoms with Crippen LogP contribution in [0.5, 0.6) is 0 Å². The van der Waals surface area contributed by atoms with E-state index < -0.39 is 13.8 Å². The second-order valence-corrected chi connectivity index (χ2v) is 11.3. The lowest BCUT2D eigenvalue weighted by Gasteiger charge is -2.52. The van der Waals surface area contributed by atoms with Gasteiger partial charge in [0.25, 0.3) is 0 Å². The molecule has 3 atom stereocenters. The highest BCUT2D eigenvalue weighted by atomic mass is 31.0. The van der Waals surface area contributed by atoms with Crippen LogP contribution in [0.1, 0.15) is 74.0 Å². The van der Waals surface area contributed by atoms with E-state index in [0.717, 1.165) is 42.0 Å². The monoisotopic (exact) mass is 440 g/mol. The van der Waals surface area contributed by atoms with Crippen molar-refractivity contribution in [2.24, 2.45) is 5.92 Å². The fourth-order valence-corrected chi connectivity index (χ4v) is 9.91. The minimum absolute atomic E-state index is 0. The zero-order chi connectivity index (χ0) is 20.9. The number of hydrogen-bond acceptors (Lipinski definition) is 4. The van der Waals surface area contributed by atoms with Gasteiger partial charge in [-0.1, -0.05) is 31.0 Å². The van der Waals surface area contributed by atoms with E-state index in [2.05, 4.69) is 26.0 Å². The third kappa shape index (κ3) is 4.85. The predicted molar refractivity (Wildman–Crippen MR) is 127 cm³/mol. The SMILES string of the molecule is CCOC1(CC)C(C(=O)c2c(C)cc(C)cc2C)CCC[Si]1(OCC)OCC.P. The molecule has 4 nitrogen and oxygen atoms in total. The Morgan fingerprint density at radius 1 is 1.03 bits per heavy atom. The molecule has 1 aromatic rings. The van der Waals surface area contributed by atoms with Crippen molar-refractivity contribution in [1.29, 1.82) is 0 Å². The van der Waals surface area contributed by atoms with Crippen LogP contribution in [0, 0.1) is 26.7 Å². The molecular weight excluding hydrogens is 399 g/mol. The first kappa shape index (κ1) is 26.5. The molecule has 1 aliphatic rings. The van der Waals surface area contributed by atoms with Crippen molar-refractivity contribution in [3.8, 4) is 0 Å². The number of carbonyl (C=O) groups is 1. The summed E-state index contributed by atoms with van der Waals surface area (Å²) in [4.78, 5) is 13.9. The first-order chi connectivity index (χ1) is 13.3. The average Bonchev–Trinajstić information content (AvgIpc) is 2.63. The number of ether oxygens (including phenoxy) is 1. The number of hydrogen-bond donors (Lipinski definition) is 0. The summed E-state index contributed by atoms with van der Waals surface area (Å²) in [6.45, 7) is 16.0. The highest BCUT2D eigenvalue weighted by Crippen LogP contribution is 2.48. The van der Waals surface area contributed by atoms with Gasteiger partial charge in [0.1, 0.15) is 5.22 Å². The van der Waals surface area contributed by atoms with Crippen LogP contribution < -0.4 is 0 Å². The van der Waals surface area contributed by atoms with Crippen LogP contribution in [-0.2, 0) is 13.6 Å². The van der Waals surface area contributed by atoms with Crippen molar-refractivity contribution < 1.29 is 18.4 Å². The van der Waals surface area contributed by atoms with E-state index in [1.165, 1.54) is 5.56 Å². The fraction of sp³-hybridized carbons (Fsp3) is 0.696. The Labute approximate surface area is 182 Å². The van der Waals surface area contributed by atoms with Crippen molar-refractivity contribution in [3.63, 3.8) is 0 Å². The Bertz CT molecular complexity index is 659. The summed E-state index contributed by atoms with van der Waals surface area (Å²) >= 11 is 0. The summed E-state index contributed by atoms with van der Waals surface area (Å²) in [6.07, 6.45) is 2.50. The molecule has 0 aromatic heterocycles. The van der Waals surface area contributed by atoms with Crippen LogP contribution >= 0.6 is 9.90 Å². The molecule has 166 valence electrons. The van der Waals surface area contributed by atoms with E-state index in [0.29, 0.717) is 19.8 Å². The summed E-state index contributed by atoms with van der Waals surface area (Å²) in [6, 6.07) is 5.10. The smallest absolute Gasteiger partial charge is 0.372 e. The van der Waals surface area contributed by atoms with Crippen molar-refractivity contribution in [2.75, 3.05) is 19.8 Å². The molecule has 3 unspecified atom stereocenters. The molecule has 1 heterocycles. The minimum atomic E-state index is -2.73. The zero-order valence-electron chi connectivity index (χ0n) is 19.5. The van der Waals surface area contributed by atoms with Gasteiger partial charge in [-0.05, 0) is 71.6 Å².